The summed E-state index contributed by atoms with van der Waals surface area (Å²) in [7, 11) is 0. The Hall–Kier alpha value is -3.63. The third kappa shape index (κ3) is 3.14. The molecule has 2 aromatic heterocycles. The van der Waals surface area contributed by atoms with Crippen molar-refractivity contribution in [3.05, 3.63) is 52.5 Å². The summed E-state index contributed by atoms with van der Waals surface area (Å²) in [5.74, 6) is -1.86. The summed E-state index contributed by atoms with van der Waals surface area (Å²) in [5.41, 5.74) is -1.76. The fourth-order valence-electron chi connectivity index (χ4n) is 2.14. The summed E-state index contributed by atoms with van der Waals surface area (Å²) >= 11 is 0. The fourth-order valence-corrected chi connectivity index (χ4v) is 2.14. The second kappa shape index (κ2) is 6.02. The van der Waals surface area contributed by atoms with Crippen LogP contribution in [-0.2, 0) is 6.18 Å². The Morgan fingerprint density at radius 3 is 2.50 bits per heavy atom. The molecule has 0 radical (unpaired) electrons. The summed E-state index contributed by atoms with van der Waals surface area (Å²) < 4.78 is 43.4. The summed E-state index contributed by atoms with van der Waals surface area (Å²) in [4.78, 5) is 17.4. The van der Waals surface area contributed by atoms with Crippen LogP contribution in [0.2, 0.25) is 0 Å². The van der Waals surface area contributed by atoms with Gasteiger partial charge in [0.15, 0.2) is 5.75 Å². The number of hydrogen-bond donors (Lipinski definition) is 2. The molecule has 26 heavy (non-hydrogen) atoms. The van der Waals surface area contributed by atoms with Crippen LogP contribution in [0.15, 0.2) is 41.3 Å². The van der Waals surface area contributed by atoms with E-state index in [1.54, 1.807) is 0 Å². The number of oxazole rings is 1. The Bertz CT molecular complexity index is 1000. The van der Waals surface area contributed by atoms with Crippen LogP contribution in [0, 0.1) is 10.1 Å². The number of phenolic OH excluding ortho intramolecular Hbond substituents is 2. The highest BCUT2D eigenvalue weighted by atomic mass is 19.4. The lowest BCUT2D eigenvalue weighted by atomic mass is 10.1. The minimum atomic E-state index is -4.60. The lowest BCUT2D eigenvalue weighted by molar-refractivity contribution is -0.385. The second-order valence-corrected chi connectivity index (χ2v) is 5.12. The number of nitrogens with zero attached hydrogens (tertiary/aromatic N) is 3. The summed E-state index contributed by atoms with van der Waals surface area (Å²) in [5, 5.41) is 30.0. The second-order valence-electron chi connectivity index (χ2n) is 5.12. The van der Waals surface area contributed by atoms with Crippen LogP contribution < -0.4 is 0 Å². The van der Waals surface area contributed by atoms with E-state index in [2.05, 4.69) is 9.97 Å². The number of benzene rings is 1. The molecule has 0 saturated carbocycles. The molecule has 0 saturated heterocycles. The molecule has 2 heterocycles. The molecular weight excluding hydrogens is 359 g/mol. The fraction of sp³-hybridized carbons (Fsp3) is 0.0667. The van der Waals surface area contributed by atoms with Gasteiger partial charge in [0, 0.05) is 24.0 Å². The minimum Gasteiger partial charge on any atom is -0.504 e. The van der Waals surface area contributed by atoms with E-state index in [9.17, 15) is 33.5 Å². The molecule has 3 aromatic rings. The maximum Gasteiger partial charge on any atom is 0.417 e. The summed E-state index contributed by atoms with van der Waals surface area (Å²) in [6, 6.07) is 2.74. The Kier molecular flexibility index (Phi) is 3.98. The van der Waals surface area contributed by atoms with Gasteiger partial charge < -0.3 is 14.6 Å². The van der Waals surface area contributed by atoms with Crippen LogP contribution in [0.4, 0.5) is 18.9 Å². The first-order chi connectivity index (χ1) is 12.2. The maximum atomic E-state index is 12.7. The molecule has 1 aromatic carbocycles. The van der Waals surface area contributed by atoms with Crippen molar-refractivity contribution < 1.29 is 32.7 Å². The van der Waals surface area contributed by atoms with Crippen LogP contribution in [0.25, 0.3) is 22.7 Å². The van der Waals surface area contributed by atoms with Crippen molar-refractivity contribution in [2.24, 2.45) is 0 Å². The largest absolute Gasteiger partial charge is 0.504 e. The molecular formula is C15H8F3N3O5. The molecule has 0 bridgehead atoms. The van der Waals surface area contributed by atoms with Gasteiger partial charge in [0.25, 0.3) is 0 Å². The molecule has 0 fully saturated rings. The number of pyridine rings is 1. The maximum absolute atomic E-state index is 12.7. The van der Waals surface area contributed by atoms with Gasteiger partial charge in [-0.3, -0.25) is 15.1 Å². The number of hydrogen-bond acceptors (Lipinski definition) is 7. The van der Waals surface area contributed by atoms with E-state index in [-0.39, 0.29) is 22.7 Å². The van der Waals surface area contributed by atoms with E-state index in [4.69, 9.17) is 4.42 Å². The number of aromatic hydroxyl groups is 2. The molecule has 0 unspecified atom stereocenters. The highest BCUT2D eigenvalue weighted by Crippen LogP contribution is 2.39. The molecule has 0 atom stereocenters. The average molecular weight is 367 g/mol. The molecule has 0 aliphatic heterocycles. The molecule has 0 aliphatic carbocycles. The number of phenols is 2. The van der Waals surface area contributed by atoms with Crippen molar-refractivity contribution >= 4 is 5.69 Å². The van der Waals surface area contributed by atoms with E-state index in [0.717, 1.165) is 30.7 Å². The predicted octanol–water partition coefficient (Wildman–Crippen LogP) is 3.74. The molecule has 134 valence electrons. The van der Waals surface area contributed by atoms with Gasteiger partial charge in [-0.05, 0) is 12.1 Å². The van der Waals surface area contributed by atoms with Gasteiger partial charge in [0.05, 0.1) is 16.1 Å². The average Bonchev–Trinajstić information content (AvgIpc) is 3.06. The monoisotopic (exact) mass is 367 g/mol. The molecule has 0 amide bonds. The van der Waals surface area contributed by atoms with Gasteiger partial charge >= 0.3 is 11.9 Å². The van der Waals surface area contributed by atoms with E-state index in [1.807, 2.05) is 0 Å². The Labute approximate surface area is 142 Å². The quantitative estimate of drug-likeness (QED) is 0.411. The first kappa shape index (κ1) is 17.2. The summed E-state index contributed by atoms with van der Waals surface area (Å²) in [6.07, 6.45) is -1.79. The third-order valence-corrected chi connectivity index (χ3v) is 3.38. The highest BCUT2D eigenvalue weighted by Gasteiger charge is 2.31. The van der Waals surface area contributed by atoms with Crippen LogP contribution in [0.1, 0.15) is 5.56 Å². The predicted molar refractivity (Wildman–Crippen MR) is 80.2 cm³/mol. The Morgan fingerprint density at radius 2 is 1.85 bits per heavy atom. The molecule has 3 rings (SSSR count). The van der Waals surface area contributed by atoms with Gasteiger partial charge in [0.1, 0.15) is 12.0 Å². The number of aromatic nitrogens is 2. The van der Waals surface area contributed by atoms with E-state index >= 15 is 0 Å². The molecule has 2 N–H and O–H groups in total. The molecule has 0 spiro atoms. The van der Waals surface area contributed by atoms with Gasteiger partial charge in [-0.25, -0.2) is 4.98 Å². The summed E-state index contributed by atoms with van der Waals surface area (Å²) in [6.45, 7) is 0. The Balaban J connectivity index is 2.03. The zero-order valence-corrected chi connectivity index (χ0v) is 12.6. The van der Waals surface area contributed by atoms with E-state index in [0.29, 0.717) is 6.20 Å². The molecule has 11 heteroatoms. The van der Waals surface area contributed by atoms with Crippen LogP contribution in [-0.4, -0.2) is 25.1 Å². The van der Waals surface area contributed by atoms with Gasteiger partial charge in [-0.15, -0.1) is 0 Å². The number of alkyl halides is 3. The zero-order chi connectivity index (χ0) is 19.1. The van der Waals surface area contributed by atoms with Crippen molar-refractivity contribution in [2.75, 3.05) is 0 Å². The van der Waals surface area contributed by atoms with Crippen molar-refractivity contribution in [3.8, 4) is 34.2 Å². The van der Waals surface area contributed by atoms with Gasteiger partial charge in [-0.2, -0.15) is 13.2 Å². The number of nitro benzene ring substituents is 1. The zero-order valence-electron chi connectivity index (χ0n) is 12.6. The Morgan fingerprint density at radius 1 is 1.12 bits per heavy atom. The highest BCUT2D eigenvalue weighted by molar-refractivity contribution is 5.71. The smallest absolute Gasteiger partial charge is 0.417 e. The topological polar surface area (TPSA) is 123 Å². The first-order valence-corrected chi connectivity index (χ1v) is 6.85. The van der Waals surface area contributed by atoms with Crippen molar-refractivity contribution in [2.45, 2.75) is 6.18 Å². The SMILES string of the molecule is O=[N+]([O-])c1cc(-c2coc(-c3cncc(C(F)(F)F)c3)n2)cc(O)c1O. The van der Waals surface area contributed by atoms with Crippen molar-refractivity contribution in [3.63, 3.8) is 0 Å². The van der Waals surface area contributed by atoms with Crippen LogP contribution in [0.3, 0.4) is 0 Å². The number of nitro groups is 1. The van der Waals surface area contributed by atoms with Crippen molar-refractivity contribution in [1.29, 1.82) is 0 Å². The minimum absolute atomic E-state index is 0.0100. The number of rotatable bonds is 3. The molecule has 0 aliphatic rings. The number of halogens is 3. The van der Waals surface area contributed by atoms with E-state index in [1.165, 1.54) is 0 Å². The van der Waals surface area contributed by atoms with E-state index < -0.39 is 33.8 Å². The lowest BCUT2D eigenvalue weighted by Gasteiger charge is -2.06. The lowest BCUT2D eigenvalue weighted by Crippen LogP contribution is -2.05. The standard InChI is InChI=1S/C15H8F3N3O5/c16-15(17,18)9-1-8(4-19-5-9)14-20-10(6-26-14)7-2-11(21(24)25)13(23)12(22)3-7/h1-6,22-23H. The van der Waals surface area contributed by atoms with Crippen molar-refractivity contribution in [1.82, 2.24) is 9.97 Å². The first-order valence-electron chi connectivity index (χ1n) is 6.85. The molecule has 8 nitrogen and oxygen atoms in total. The van der Waals surface area contributed by atoms with Gasteiger partial charge in [-0.1, -0.05) is 0 Å². The third-order valence-electron chi connectivity index (χ3n) is 3.38. The van der Waals surface area contributed by atoms with Gasteiger partial charge in [0.2, 0.25) is 11.6 Å². The van der Waals surface area contributed by atoms with Crippen LogP contribution in [0.5, 0.6) is 11.5 Å². The normalized spacial score (nSPS) is 11.5. The van der Waals surface area contributed by atoms with Crippen LogP contribution >= 0.6 is 0 Å².